The fourth-order valence-electron chi connectivity index (χ4n) is 4.07. The van der Waals surface area contributed by atoms with Crippen LogP contribution in [0.3, 0.4) is 0 Å². The van der Waals surface area contributed by atoms with Gasteiger partial charge in [-0.05, 0) is 91.5 Å². The fraction of sp³-hybridized carbons (Fsp3) is 0.280. The highest BCUT2D eigenvalue weighted by molar-refractivity contribution is 5.47. The van der Waals surface area contributed by atoms with Gasteiger partial charge >= 0.3 is 0 Å². The molecule has 0 spiro atoms. The number of benzene rings is 3. The van der Waals surface area contributed by atoms with Crippen molar-refractivity contribution in [1.29, 1.82) is 0 Å². The van der Waals surface area contributed by atoms with Crippen molar-refractivity contribution in [2.45, 2.75) is 46.5 Å². The summed E-state index contributed by atoms with van der Waals surface area (Å²) in [5.41, 5.74) is 6.20. The van der Waals surface area contributed by atoms with E-state index in [0.717, 1.165) is 38.9 Å². The molecular formula is C25H28O4. The highest BCUT2D eigenvalue weighted by Crippen LogP contribution is 2.36. The van der Waals surface area contributed by atoms with Crippen LogP contribution in [0.4, 0.5) is 0 Å². The van der Waals surface area contributed by atoms with Crippen LogP contribution in [0.1, 0.15) is 44.9 Å². The molecule has 0 fully saturated rings. The molecule has 0 radical (unpaired) electrons. The smallest absolute Gasteiger partial charge is 0.122 e. The maximum absolute atomic E-state index is 10.5. The predicted octanol–water partition coefficient (Wildman–Crippen LogP) is 5.31. The summed E-state index contributed by atoms with van der Waals surface area (Å²) in [6.45, 7) is 7.52. The number of rotatable bonds is 5. The Kier molecular flexibility index (Phi) is 5.73. The predicted molar refractivity (Wildman–Crippen MR) is 115 cm³/mol. The molecule has 0 unspecified atom stereocenters. The largest absolute Gasteiger partial charge is 0.508 e. The van der Waals surface area contributed by atoms with Gasteiger partial charge in [-0.3, -0.25) is 0 Å². The summed E-state index contributed by atoms with van der Waals surface area (Å²) >= 11 is 0. The van der Waals surface area contributed by atoms with Crippen molar-refractivity contribution in [2.24, 2.45) is 0 Å². The van der Waals surface area contributed by atoms with Gasteiger partial charge in [0.1, 0.15) is 23.0 Å². The first-order chi connectivity index (χ1) is 13.7. The van der Waals surface area contributed by atoms with E-state index in [1.54, 1.807) is 12.1 Å². The van der Waals surface area contributed by atoms with Gasteiger partial charge in [-0.15, -0.1) is 0 Å². The zero-order valence-electron chi connectivity index (χ0n) is 17.3. The summed E-state index contributed by atoms with van der Waals surface area (Å²) < 4.78 is 0. The Morgan fingerprint density at radius 2 is 1.03 bits per heavy atom. The monoisotopic (exact) mass is 392 g/mol. The molecule has 0 aliphatic rings. The molecule has 0 aliphatic heterocycles. The number of phenolic OH excluding ortho intramolecular Hbond substituents is 4. The first-order valence-electron chi connectivity index (χ1n) is 9.75. The maximum atomic E-state index is 10.5. The summed E-state index contributed by atoms with van der Waals surface area (Å²) in [4.78, 5) is 0. The van der Waals surface area contributed by atoms with E-state index >= 15 is 0 Å². The van der Waals surface area contributed by atoms with Crippen LogP contribution in [0.2, 0.25) is 0 Å². The van der Waals surface area contributed by atoms with Crippen LogP contribution in [-0.4, -0.2) is 20.4 Å². The van der Waals surface area contributed by atoms with E-state index in [-0.39, 0.29) is 17.4 Å². The molecule has 0 saturated carbocycles. The van der Waals surface area contributed by atoms with Gasteiger partial charge in [0.25, 0.3) is 0 Å². The van der Waals surface area contributed by atoms with Crippen molar-refractivity contribution in [3.8, 4) is 23.0 Å². The lowest BCUT2D eigenvalue weighted by molar-refractivity contribution is 0.440. The van der Waals surface area contributed by atoms with Gasteiger partial charge in [0.05, 0.1) is 0 Å². The number of aryl methyl sites for hydroxylation is 4. The molecule has 29 heavy (non-hydrogen) atoms. The molecule has 0 amide bonds. The van der Waals surface area contributed by atoms with Crippen LogP contribution in [-0.2, 0) is 12.8 Å². The van der Waals surface area contributed by atoms with E-state index < -0.39 is 0 Å². The first kappa shape index (κ1) is 20.6. The molecule has 4 heteroatoms. The quantitative estimate of drug-likeness (QED) is 0.474. The molecule has 0 aromatic heterocycles. The van der Waals surface area contributed by atoms with E-state index in [1.807, 2.05) is 52.0 Å². The van der Waals surface area contributed by atoms with Crippen molar-refractivity contribution in [1.82, 2.24) is 0 Å². The fourth-order valence-corrected chi connectivity index (χ4v) is 4.07. The lowest BCUT2D eigenvalue weighted by Crippen LogP contribution is -2.08. The Labute approximate surface area is 171 Å². The molecular weight excluding hydrogens is 364 g/mol. The zero-order chi connectivity index (χ0) is 21.3. The van der Waals surface area contributed by atoms with Crippen LogP contribution in [0.15, 0.2) is 42.5 Å². The van der Waals surface area contributed by atoms with Gasteiger partial charge in [0.2, 0.25) is 0 Å². The topological polar surface area (TPSA) is 80.9 Å². The van der Waals surface area contributed by atoms with Crippen molar-refractivity contribution in [3.63, 3.8) is 0 Å². The van der Waals surface area contributed by atoms with Gasteiger partial charge in [-0.2, -0.15) is 0 Å². The second-order valence-corrected chi connectivity index (χ2v) is 8.00. The first-order valence-corrected chi connectivity index (χ1v) is 9.75. The highest BCUT2D eigenvalue weighted by atomic mass is 16.3. The van der Waals surface area contributed by atoms with E-state index in [0.29, 0.717) is 24.3 Å². The van der Waals surface area contributed by atoms with Crippen LogP contribution in [0.25, 0.3) is 0 Å². The Balaban J connectivity index is 2.02. The van der Waals surface area contributed by atoms with Crippen LogP contribution in [0.5, 0.6) is 23.0 Å². The van der Waals surface area contributed by atoms with E-state index in [2.05, 4.69) is 0 Å². The van der Waals surface area contributed by atoms with E-state index in [4.69, 9.17) is 0 Å². The Morgan fingerprint density at radius 3 is 1.41 bits per heavy atom. The third-order valence-corrected chi connectivity index (χ3v) is 5.52. The van der Waals surface area contributed by atoms with Crippen LogP contribution < -0.4 is 0 Å². The highest BCUT2D eigenvalue weighted by Gasteiger charge is 2.19. The van der Waals surface area contributed by atoms with Crippen molar-refractivity contribution in [2.75, 3.05) is 0 Å². The number of hydrogen-bond donors (Lipinski definition) is 4. The molecule has 0 saturated heterocycles. The van der Waals surface area contributed by atoms with Crippen LogP contribution >= 0.6 is 0 Å². The van der Waals surface area contributed by atoms with Gasteiger partial charge < -0.3 is 20.4 Å². The Morgan fingerprint density at radius 1 is 0.621 bits per heavy atom. The summed E-state index contributed by atoms with van der Waals surface area (Å²) in [7, 11) is 0. The van der Waals surface area contributed by atoms with Gasteiger partial charge in [-0.1, -0.05) is 30.3 Å². The average molecular weight is 392 g/mol. The van der Waals surface area contributed by atoms with Crippen LogP contribution in [0, 0.1) is 27.7 Å². The minimum atomic E-state index is -0.0396. The van der Waals surface area contributed by atoms with Gasteiger partial charge in [0.15, 0.2) is 0 Å². The lowest BCUT2D eigenvalue weighted by Gasteiger charge is -2.21. The van der Waals surface area contributed by atoms with Gasteiger partial charge in [-0.25, -0.2) is 0 Å². The molecule has 0 atom stereocenters. The normalized spacial score (nSPS) is 11.2. The standard InChI is InChI=1S/C25H28O4/c1-14-7-18(8-15(2)24(14)28)11-20(22-6-5-21(26)13-23(22)27)12-19-9-16(3)25(29)17(4)10-19/h5-10,13,20,26-29H,11-12H2,1-4H3. The lowest BCUT2D eigenvalue weighted by atomic mass is 9.84. The SMILES string of the molecule is Cc1cc(CC(Cc2cc(C)c(O)c(C)c2)c2ccc(O)cc2O)cc(C)c1O. The maximum Gasteiger partial charge on any atom is 0.122 e. The number of phenols is 4. The van der Waals surface area contributed by atoms with Crippen molar-refractivity contribution < 1.29 is 20.4 Å². The van der Waals surface area contributed by atoms with Gasteiger partial charge in [0, 0.05) is 6.07 Å². The molecule has 3 aromatic rings. The summed E-state index contributed by atoms with van der Waals surface area (Å²) in [5.74, 6) is 0.666. The molecule has 3 rings (SSSR count). The number of aromatic hydroxyl groups is 4. The molecule has 0 heterocycles. The molecule has 4 N–H and O–H groups in total. The molecule has 0 aliphatic carbocycles. The third-order valence-electron chi connectivity index (χ3n) is 5.52. The minimum absolute atomic E-state index is 0.0256. The third kappa shape index (κ3) is 4.48. The summed E-state index contributed by atoms with van der Waals surface area (Å²) in [5, 5.41) is 40.3. The molecule has 0 bridgehead atoms. The Hall–Kier alpha value is -3.14. The Bertz CT molecular complexity index is 947. The van der Waals surface area contributed by atoms with E-state index in [9.17, 15) is 20.4 Å². The van der Waals surface area contributed by atoms with E-state index in [1.165, 1.54) is 6.07 Å². The zero-order valence-corrected chi connectivity index (χ0v) is 17.3. The summed E-state index contributed by atoms with van der Waals surface area (Å²) in [6.07, 6.45) is 1.33. The molecule has 152 valence electrons. The van der Waals surface area contributed by atoms with Crippen molar-refractivity contribution >= 4 is 0 Å². The minimum Gasteiger partial charge on any atom is -0.508 e. The summed E-state index contributed by atoms with van der Waals surface area (Å²) in [6, 6.07) is 12.6. The second kappa shape index (κ2) is 8.08. The van der Waals surface area contributed by atoms with Crippen molar-refractivity contribution in [3.05, 3.63) is 81.4 Å². The molecule has 4 nitrogen and oxygen atoms in total. The average Bonchev–Trinajstić information content (AvgIpc) is 2.63. The molecule has 3 aromatic carbocycles. The number of hydrogen-bond acceptors (Lipinski definition) is 4. The second-order valence-electron chi connectivity index (χ2n) is 8.00.